The zero-order chi connectivity index (χ0) is 13.2. The van der Waals surface area contributed by atoms with Crippen LogP contribution in [0.15, 0.2) is 11.2 Å². The molecule has 1 atom stereocenters. The lowest BCUT2D eigenvalue weighted by atomic mass is 10.2. The Bertz CT molecular complexity index is 489. The number of aromatic nitrogens is 2. The van der Waals surface area contributed by atoms with Gasteiger partial charge in [0.05, 0.1) is 12.3 Å². The van der Waals surface area contributed by atoms with Gasteiger partial charge in [-0.05, 0) is 12.8 Å². The van der Waals surface area contributed by atoms with Crippen molar-refractivity contribution >= 4 is 10.0 Å². The van der Waals surface area contributed by atoms with Gasteiger partial charge in [-0.25, -0.2) is 18.1 Å². The van der Waals surface area contributed by atoms with Gasteiger partial charge in [0.15, 0.2) is 5.03 Å². The quantitative estimate of drug-likeness (QED) is 0.838. The molecule has 1 aliphatic heterocycles. The fourth-order valence-corrected chi connectivity index (χ4v) is 2.83. The van der Waals surface area contributed by atoms with Crippen LogP contribution in [0.5, 0.6) is 0 Å². The number of hydrogen-bond donors (Lipinski definition) is 2. The molecule has 18 heavy (non-hydrogen) atoms. The Morgan fingerprint density at radius 2 is 2.39 bits per heavy atom. The van der Waals surface area contributed by atoms with Gasteiger partial charge in [0.1, 0.15) is 5.82 Å². The minimum Gasteiger partial charge on any atom is -0.377 e. The molecule has 2 heterocycles. The van der Waals surface area contributed by atoms with Gasteiger partial charge in [0.25, 0.3) is 10.0 Å². The van der Waals surface area contributed by atoms with Crippen molar-refractivity contribution < 1.29 is 13.2 Å². The number of H-pyrrole nitrogens is 1. The van der Waals surface area contributed by atoms with E-state index in [0.717, 1.165) is 12.8 Å². The van der Waals surface area contributed by atoms with Gasteiger partial charge in [0.2, 0.25) is 0 Å². The Morgan fingerprint density at radius 1 is 1.61 bits per heavy atom. The molecule has 2 rings (SSSR count). The van der Waals surface area contributed by atoms with Crippen LogP contribution in [0.3, 0.4) is 0 Å². The fraction of sp³-hybridized carbons (Fsp3) is 0.727. The molecule has 0 aliphatic carbocycles. The van der Waals surface area contributed by atoms with Crippen molar-refractivity contribution in [2.45, 2.75) is 43.7 Å². The first-order valence-electron chi connectivity index (χ1n) is 6.15. The molecule has 0 amide bonds. The number of ether oxygens (including phenoxy) is 1. The predicted molar refractivity (Wildman–Crippen MR) is 66.8 cm³/mol. The summed E-state index contributed by atoms with van der Waals surface area (Å²) in [6.45, 7) is 4.94. The van der Waals surface area contributed by atoms with Crippen LogP contribution < -0.4 is 4.72 Å². The molecular weight excluding hydrogens is 254 g/mol. The summed E-state index contributed by atoms with van der Waals surface area (Å²) < 4.78 is 31.9. The minimum atomic E-state index is -3.51. The smallest absolute Gasteiger partial charge is 0.257 e. The van der Waals surface area contributed by atoms with E-state index < -0.39 is 10.0 Å². The van der Waals surface area contributed by atoms with Gasteiger partial charge >= 0.3 is 0 Å². The molecule has 0 bridgehead atoms. The number of nitrogens with zero attached hydrogens (tertiary/aromatic N) is 1. The third-order valence-corrected chi connectivity index (χ3v) is 4.27. The van der Waals surface area contributed by atoms with Crippen molar-refractivity contribution in [1.29, 1.82) is 0 Å². The third-order valence-electron chi connectivity index (χ3n) is 2.93. The largest absolute Gasteiger partial charge is 0.377 e. The molecule has 1 aromatic rings. The average molecular weight is 273 g/mol. The normalized spacial score (nSPS) is 20.7. The van der Waals surface area contributed by atoms with E-state index in [1.54, 1.807) is 0 Å². The van der Waals surface area contributed by atoms with Crippen LogP contribution in [0.25, 0.3) is 0 Å². The summed E-state index contributed by atoms with van der Waals surface area (Å²) in [5.74, 6) is 0.847. The molecule has 6 nitrogen and oxygen atoms in total. The SMILES string of the molecule is CC(C)c1ncc(S(=O)(=O)NCC2CCCO2)[nH]1. The average Bonchev–Trinajstić information content (AvgIpc) is 2.98. The van der Waals surface area contributed by atoms with Gasteiger partial charge < -0.3 is 9.72 Å². The Labute approximate surface area is 107 Å². The van der Waals surface area contributed by atoms with Crippen molar-refractivity contribution in [2.75, 3.05) is 13.2 Å². The summed E-state index contributed by atoms with van der Waals surface area (Å²) in [5, 5.41) is 0.115. The molecule has 2 N–H and O–H groups in total. The number of hydrogen-bond acceptors (Lipinski definition) is 4. The summed E-state index contributed by atoms with van der Waals surface area (Å²) in [4.78, 5) is 6.88. The number of sulfonamides is 1. The highest BCUT2D eigenvalue weighted by molar-refractivity contribution is 7.89. The molecule has 7 heteroatoms. The highest BCUT2D eigenvalue weighted by Crippen LogP contribution is 2.14. The molecule has 102 valence electrons. The molecule has 1 aromatic heterocycles. The molecule has 0 saturated carbocycles. The molecule has 1 saturated heterocycles. The van der Waals surface area contributed by atoms with Crippen LogP contribution in [0.2, 0.25) is 0 Å². The highest BCUT2D eigenvalue weighted by atomic mass is 32.2. The van der Waals surface area contributed by atoms with Crippen LogP contribution in [0.1, 0.15) is 38.4 Å². The number of nitrogens with one attached hydrogen (secondary N) is 2. The molecule has 0 aromatic carbocycles. The second kappa shape index (κ2) is 5.38. The first kappa shape index (κ1) is 13.5. The number of aromatic amines is 1. The highest BCUT2D eigenvalue weighted by Gasteiger charge is 2.22. The van der Waals surface area contributed by atoms with Gasteiger partial charge in [-0.3, -0.25) is 0 Å². The molecule has 1 aliphatic rings. The summed E-state index contributed by atoms with van der Waals surface area (Å²) in [6.07, 6.45) is 3.25. The second-order valence-corrected chi connectivity index (χ2v) is 6.51. The Balaban J connectivity index is 2.00. The van der Waals surface area contributed by atoms with Gasteiger partial charge in [0, 0.05) is 19.1 Å². The Morgan fingerprint density at radius 3 is 2.94 bits per heavy atom. The molecular formula is C11H19N3O3S. The van der Waals surface area contributed by atoms with E-state index in [9.17, 15) is 8.42 Å². The zero-order valence-electron chi connectivity index (χ0n) is 10.6. The zero-order valence-corrected chi connectivity index (χ0v) is 11.5. The number of imidazole rings is 1. The van der Waals surface area contributed by atoms with Crippen LogP contribution in [-0.2, 0) is 14.8 Å². The first-order chi connectivity index (χ1) is 8.49. The maximum Gasteiger partial charge on any atom is 0.257 e. The summed E-state index contributed by atoms with van der Waals surface area (Å²) in [6, 6.07) is 0. The standard InChI is InChI=1S/C11H19N3O3S/c1-8(2)11-12-7-10(14-11)18(15,16)13-6-9-4-3-5-17-9/h7-9,13H,3-6H2,1-2H3,(H,12,14). The maximum atomic E-state index is 12.0. The van der Waals surface area contributed by atoms with Crippen LogP contribution in [-0.4, -0.2) is 37.6 Å². The molecule has 0 spiro atoms. The predicted octanol–water partition coefficient (Wildman–Crippen LogP) is 0.990. The lowest BCUT2D eigenvalue weighted by molar-refractivity contribution is 0.114. The van der Waals surface area contributed by atoms with Crippen molar-refractivity contribution in [1.82, 2.24) is 14.7 Å². The second-order valence-electron chi connectivity index (χ2n) is 4.77. The van der Waals surface area contributed by atoms with Gasteiger partial charge in [-0.1, -0.05) is 13.8 Å². The maximum absolute atomic E-state index is 12.0. The van der Waals surface area contributed by atoms with Crippen LogP contribution in [0.4, 0.5) is 0 Å². The molecule has 1 fully saturated rings. The monoisotopic (exact) mass is 273 g/mol. The van der Waals surface area contributed by atoms with E-state index in [-0.39, 0.29) is 17.0 Å². The van der Waals surface area contributed by atoms with E-state index >= 15 is 0 Å². The molecule has 1 unspecified atom stereocenters. The summed E-state index contributed by atoms with van der Waals surface area (Å²) in [5.41, 5.74) is 0. The van der Waals surface area contributed by atoms with Gasteiger partial charge in [-0.2, -0.15) is 0 Å². The minimum absolute atomic E-state index is 0.00716. The lowest BCUT2D eigenvalue weighted by Crippen LogP contribution is -2.32. The van der Waals surface area contributed by atoms with E-state index in [2.05, 4.69) is 14.7 Å². The van der Waals surface area contributed by atoms with Crippen molar-refractivity contribution in [2.24, 2.45) is 0 Å². The summed E-state index contributed by atoms with van der Waals surface area (Å²) in [7, 11) is -3.51. The van der Waals surface area contributed by atoms with Crippen molar-refractivity contribution in [3.8, 4) is 0 Å². The van der Waals surface area contributed by atoms with E-state index in [0.29, 0.717) is 19.0 Å². The van der Waals surface area contributed by atoms with E-state index in [1.165, 1.54) is 6.20 Å². The van der Waals surface area contributed by atoms with Crippen LogP contribution in [0, 0.1) is 0 Å². The third kappa shape index (κ3) is 3.09. The lowest BCUT2D eigenvalue weighted by Gasteiger charge is -2.10. The topological polar surface area (TPSA) is 84.1 Å². The fourth-order valence-electron chi connectivity index (χ4n) is 1.83. The number of rotatable bonds is 5. The van der Waals surface area contributed by atoms with Crippen LogP contribution >= 0.6 is 0 Å². The van der Waals surface area contributed by atoms with Crippen molar-refractivity contribution in [3.05, 3.63) is 12.0 Å². The molecule has 0 radical (unpaired) electrons. The van der Waals surface area contributed by atoms with E-state index in [1.807, 2.05) is 13.8 Å². The van der Waals surface area contributed by atoms with E-state index in [4.69, 9.17) is 4.74 Å². The summed E-state index contributed by atoms with van der Waals surface area (Å²) >= 11 is 0. The van der Waals surface area contributed by atoms with Crippen molar-refractivity contribution in [3.63, 3.8) is 0 Å². The Hall–Kier alpha value is -0.920. The first-order valence-corrected chi connectivity index (χ1v) is 7.63. The Kier molecular flexibility index (Phi) is 4.04. The van der Waals surface area contributed by atoms with Gasteiger partial charge in [-0.15, -0.1) is 0 Å².